The van der Waals surface area contributed by atoms with Crippen molar-refractivity contribution in [2.75, 3.05) is 11.6 Å². The largest absolute Gasteiger partial charge is 0.327 e. The van der Waals surface area contributed by atoms with Crippen LogP contribution >= 0.6 is 0 Å². The first kappa shape index (κ1) is 16.0. The molecular formula is C15H22N2O3S. The molecule has 0 spiro atoms. The molecule has 0 heterocycles. The lowest BCUT2D eigenvalue weighted by Gasteiger charge is -2.20. The molecule has 1 amide bonds. The summed E-state index contributed by atoms with van der Waals surface area (Å²) in [6, 6.07) is 6.19. The molecule has 6 heteroatoms. The zero-order chi connectivity index (χ0) is 15.5. The first-order chi connectivity index (χ1) is 9.88. The first-order valence-corrected chi connectivity index (χ1v) is 9.13. The van der Waals surface area contributed by atoms with Crippen LogP contribution in [0.15, 0.2) is 29.2 Å². The number of carbonyl (C=O) groups excluding carboxylic acids is 1. The number of benzene rings is 1. The molecule has 0 bridgehead atoms. The molecule has 3 N–H and O–H groups in total. The molecule has 2 unspecified atom stereocenters. The molecule has 0 aromatic heterocycles. The summed E-state index contributed by atoms with van der Waals surface area (Å²) in [6.07, 6.45) is 5.99. The van der Waals surface area contributed by atoms with Crippen LogP contribution < -0.4 is 11.1 Å². The fraction of sp³-hybridized carbons (Fsp3) is 0.533. The third kappa shape index (κ3) is 4.28. The van der Waals surface area contributed by atoms with Crippen LogP contribution in [0.4, 0.5) is 5.69 Å². The zero-order valence-electron chi connectivity index (χ0n) is 12.2. The lowest BCUT2D eigenvalue weighted by molar-refractivity contribution is -0.120. The summed E-state index contributed by atoms with van der Waals surface area (Å²) in [5, 5.41) is 2.80. The van der Waals surface area contributed by atoms with Crippen LogP contribution in [0.5, 0.6) is 0 Å². The molecule has 2 atom stereocenters. The van der Waals surface area contributed by atoms with E-state index in [1.165, 1.54) is 12.1 Å². The van der Waals surface area contributed by atoms with Crippen molar-refractivity contribution in [2.24, 2.45) is 11.7 Å². The molecule has 0 radical (unpaired) electrons. The highest BCUT2D eigenvalue weighted by Crippen LogP contribution is 2.24. The lowest BCUT2D eigenvalue weighted by atomic mass is 9.94. The van der Waals surface area contributed by atoms with E-state index in [0.29, 0.717) is 5.69 Å². The molecule has 1 aliphatic carbocycles. The van der Waals surface area contributed by atoms with Crippen molar-refractivity contribution in [1.29, 1.82) is 0 Å². The number of nitrogens with one attached hydrogen (secondary N) is 1. The van der Waals surface area contributed by atoms with Crippen molar-refractivity contribution < 1.29 is 13.2 Å². The number of carbonyl (C=O) groups is 1. The van der Waals surface area contributed by atoms with Gasteiger partial charge in [-0.1, -0.05) is 25.3 Å². The predicted octanol–water partition coefficient (Wildman–Crippen LogP) is 1.94. The van der Waals surface area contributed by atoms with Crippen LogP contribution in [0.3, 0.4) is 0 Å². The Morgan fingerprint density at radius 3 is 2.67 bits per heavy atom. The number of hydrogen-bond donors (Lipinski definition) is 2. The van der Waals surface area contributed by atoms with Gasteiger partial charge in [-0.05, 0) is 31.0 Å². The van der Waals surface area contributed by atoms with Crippen LogP contribution in [-0.4, -0.2) is 26.6 Å². The van der Waals surface area contributed by atoms with E-state index in [4.69, 9.17) is 5.73 Å². The van der Waals surface area contributed by atoms with Crippen molar-refractivity contribution >= 4 is 21.4 Å². The van der Waals surface area contributed by atoms with Crippen LogP contribution in [-0.2, 0) is 14.6 Å². The summed E-state index contributed by atoms with van der Waals surface area (Å²) in [7, 11) is -3.28. The summed E-state index contributed by atoms with van der Waals surface area (Å²) in [5.41, 5.74) is 6.58. The van der Waals surface area contributed by atoms with Gasteiger partial charge in [0.25, 0.3) is 0 Å². The molecule has 2 rings (SSSR count). The van der Waals surface area contributed by atoms with Crippen LogP contribution in [0.1, 0.15) is 32.1 Å². The van der Waals surface area contributed by atoms with E-state index in [9.17, 15) is 13.2 Å². The Hall–Kier alpha value is -1.40. The standard InChI is InChI=1S/C15H22N2O3S/c1-21(19,20)12-7-5-6-11(10-12)17-15(18)13-8-3-2-4-9-14(13)16/h5-7,10,13-14H,2-4,8-9,16H2,1H3,(H,17,18). The van der Waals surface area contributed by atoms with Gasteiger partial charge in [-0.3, -0.25) is 4.79 Å². The summed E-state index contributed by atoms with van der Waals surface area (Å²) >= 11 is 0. The molecule has 1 fully saturated rings. The average Bonchev–Trinajstić information content (AvgIpc) is 2.62. The van der Waals surface area contributed by atoms with Gasteiger partial charge in [0.05, 0.1) is 10.8 Å². The van der Waals surface area contributed by atoms with Crippen LogP contribution in [0.2, 0.25) is 0 Å². The lowest BCUT2D eigenvalue weighted by Crippen LogP contribution is -2.37. The maximum Gasteiger partial charge on any atom is 0.229 e. The van der Waals surface area contributed by atoms with Crippen molar-refractivity contribution in [1.82, 2.24) is 0 Å². The van der Waals surface area contributed by atoms with Gasteiger partial charge >= 0.3 is 0 Å². The Bertz CT molecular complexity index is 613. The number of anilines is 1. The topological polar surface area (TPSA) is 89.3 Å². The monoisotopic (exact) mass is 310 g/mol. The second kappa shape index (κ2) is 6.58. The molecular weight excluding hydrogens is 288 g/mol. The van der Waals surface area contributed by atoms with Gasteiger partial charge in [-0.15, -0.1) is 0 Å². The number of hydrogen-bond acceptors (Lipinski definition) is 4. The fourth-order valence-electron chi connectivity index (χ4n) is 2.70. The van der Waals surface area contributed by atoms with E-state index in [0.717, 1.165) is 38.4 Å². The molecule has 5 nitrogen and oxygen atoms in total. The highest BCUT2D eigenvalue weighted by atomic mass is 32.2. The Balaban J connectivity index is 2.12. The van der Waals surface area contributed by atoms with Crippen molar-refractivity contribution in [3.05, 3.63) is 24.3 Å². The molecule has 1 aliphatic rings. The fourth-order valence-corrected chi connectivity index (χ4v) is 3.37. The zero-order valence-corrected chi connectivity index (χ0v) is 13.0. The molecule has 0 aliphatic heterocycles. The van der Waals surface area contributed by atoms with Gasteiger partial charge in [0.15, 0.2) is 9.84 Å². The Labute approximate surface area is 125 Å². The van der Waals surface area contributed by atoms with Gasteiger partial charge in [-0.2, -0.15) is 0 Å². The van der Waals surface area contributed by atoms with E-state index in [-0.39, 0.29) is 22.8 Å². The van der Waals surface area contributed by atoms with E-state index in [1.54, 1.807) is 12.1 Å². The minimum absolute atomic E-state index is 0.116. The smallest absolute Gasteiger partial charge is 0.229 e. The van der Waals surface area contributed by atoms with E-state index in [2.05, 4.69) is 5.32 Å². The maximum atomic E-state index is 12.4. The molecule has 1 aromatic rings. The number of sulfone groups is 1. The van der Waals surface area contributed by atoms with Gasteiger partial charge < -0.3 is 11.1 Å². The van der Waals surface area contributed by atoms with E-state index in [1.807, 2.05) is 0 Å². The summed E-state index contributed by atoms with van der Waals surface area (Å²) in [4.78, 5) is 12.6. The predicted molar refractivity (Wildman–Crippen MR) is 82.7 cm³/mol. The molecule has 21 heavy (non-hydrogen) atoms. The highest BCUT2D eigenvalue weighted by molar-refractivity contribution is 7.90. The Morgan fingerprint density at radius 1 is 1.24 bits per heavy atom. The molecule has 1 saturated carbocycles. The summed E-state index contributed by atoms with van der Waals surface area (Å²) in [6.45, 7) is 0. The Morgan fingerprint density at radius 2 is 1.95 bits per heavy atom. The van der Waals surface area contributed by atoms with Crippen molar-refractivity contribution in [3.63, 3.8) is 0 Å². The van der Waals surface area contributed by atoms with E-state index < -0.39 is 9.84 Å². The molecule has 0 saturated heterocycles. The highest BCUT2D eigenvalue weighted by Gasteiger charge is 2.27. The van der Waals surface area contributed by atoms with Crippen molar-refractivity contribution in [3.8, 4) is 0 Å². The third-order valence-electron chi connectivity index (χ3n) is 3.94. The number of amides is 1. The summed E-state index contributed by atoms with van der Waals surface area (Å²) < 4.78 is 23.1. The first-order valence-electron chi connectivity index (χ1n) is 7.24. The second-order valence-electron chi connectivity index (χ2n) is 5.70. The van der Waals surface area contributed by atoms with E-state index >= 15 is 0 Å². The number of nitrogens with two attached hydrogens (primary N) is 1. The van der Waals surface area contributed by atoms with Crippen LogP contribution in [0, 0.1) is 5.92 Å². The minimum Gasteiger partial charge on any atom is -0.327 e. The van der Waals surface area contributed by atoms with Gasteiger partial charge in [-0.25, -0.2) is 8.42 Å². The van der Waals surface area contributed by atoms with Gasteiger partial charge in [0.1, 0.15) is 0 Å². The maximum absolute atomic E-state index is 12.4. The van der Waals surface area contributed by atoms with Crippen molar-refractivity contribution in [2.45, 2.75) is 43.0 Å². The quantitative estimate of drug-likeness (QED) is 0.835. The molecule has 116 valence electrons. The normalized spacial score (nSPS) is 23.3. The summed E-state index contributed by atoms with van der Waals surface area (Å²) in [5.74, 6) is -0.315. The number of rotatable bonds is 3. The Kier molecular flexibility index (Phi) is 5.00. The average molecular weight is 310 g/mol. The molecule has 1 aromatic carbocycles. The van der Waals surface area contributed by atoms with Gasteiger partial charge in [0.2, 0.25) is 5.91 Å². The third-order valence-corrected chi connectivity index (χ3v) is 5.05. The van der Waals surface area contributed by atoms with Gasteiger partial charge in [0, 0.05) is 18.0 Å². The minimum atomic E-state index is -3.28. The van der Waals surface area contributed by atoms with Crippen LogP contribution in [0.25, 0.3) is 0 Å². The second-order valence-corrected chi connectivity index (χ2v) is 7.71. The SMILES string of the molecule is CS(=O)(=O)c1cccc(NC(=O)C2CCCCCC2N)c1.